The second-order valence-corrected chi connectivity index (χ2v) is 6.40. The third kappa shape index (κ3) is 3.54. The molecule has 1 aromatic rings. The Labute approximate surface area is 137 Å². The molecule has 2 heterocycles. The molecule has 23 heavy (non-hydrogen) atoms. The number of fused-ring (bicyclic) bond motifs is 1. The van der Waals surface area contributed by atoms with Crippen molar-refractivity contribution in [2.45, 2.75) is 38.4 Å². The average Bonchev–Trinajstić information content (AvgIpc) is 3.12. The first-order chi connectivity index (χ1) is 11.2. The van der Waals surface area contributed by atoms with Crippen LogP contribution in [0, 0.1) is 17.2 Å². The SMILES string of the molecule is C[C@H](C(=O)N[C@@H](C#N)[C@H]1CCOC1)N1CCc2ccccc2C1. The van der Waals surface area contributed by atoms with Gasteiger partial charge in [-0.3, -0.25) is 9.69 Å². The van der Waals surface area contributed by atoms with Crippen LogP contribution in [-0.2, 0) is 22.5 Å². The molecule has 5 nitrogen and oxygen atoms in total. The molecule has 0 aromatic heterocycles. The van der Waals surface area contributed by atoms with E-state index < -0.39 is 6.04 Å². The fraction of sp³-hybridized carbons (Fsp3) is 0.556. The van der Waals surface area contributed by atoms with Crippen molar-refractivity contribution < 1.29 is 9.53 Å². The van der Waals surface area contributed by atoms with Crippen LogP contribution in [0.5, 0.6) is 0 Å². The minimum atomic E-state index is -0.454. The Bertz CT molecular complexity index is 605. The van der Waals surface area contributed by atoms with Crippen LogP contribution < -0.4 is 5.32 Å². The van der Waals surface area contributed by atoms with Crippen LogP contribution in [0.3, 0.4) is 0 Å². The number of benzene rings is 1. The van der Waals surface area contributed by atoms with E-state index in [1.165, 1.54) is 11.1 Å². The number of carbonyl (C=O) groups is 1. The third-order valence-electron chi connectivity index (χ3n) is 4.96. The highest BCUT2D eigenvalue weighted by molar-refractivity contribution is 5.82. The molecule has 0 spiro atoms. The maximum absolute atomic E-state index is 12.5. The first-order valence-electron chi connectivity index (χ1n) is 8.27. The summed E-state index contributed by atoms with van der Waals surface area (Å²) in [6.07, 6.45) is 1.80. The molecule has 0 aliphatic carbocycles. The van der Waals surface area contributed by atoms with Crippen LogP contribution in [-0.4, -0.2) is 42.6 Å². The second-order valence-electron chi connectivity index (χ2n) is 6.40. The Morgan fingerprint density at radius 3 is 2.91 bits per heavy atom. The van der Waals surface area contributed by atoms with E-state index in [1.54, 1.807) is 0 Å². The minimum absolute atomic E-state index is 0.0668. The lowest BCUT2D eigenvalue weighted by Gasteiger charge is -2.33. The summed E-state index contributed by atoms with van der Waals surface area (Å²) in [6.45, 7) is 4.81. The average molecular weight is 313 g/mol. The smallest absolute Gasteiger partial charge is 0.238 e. The van der Waals surface area contributed by atoms with Crippen LogP contribution in [0.4, 0.5) is 0 Å². The van der Waals surface area contributed by atoms with Crippen LogP contribution >= 0.6 is 0 Å². The number of nitrogens with one attached hydrogen (secondary N) is 1. The van der Waals surface area contributed by atoms with Gasteiger partial charge in [0.2, 0.25) is 5.91 Å². The van der Waals surface area contributed by atoms with E-state index in [1.807, 2.05) is 13.0 Å². The Balaban J connectivity index is 1.60. The largest absolute Gasteiger partial charge is 0.381 e. The van der Waals surface area contributed by atoms with E-state index in [0.717, 1.165) is 25.9 Å². The summed E-state index contributed by atoms with van der Waals surface area (Å²) in [5, 5.41) is 12.2. The summed E-state index contributed by atoms with van der Waals surface area (Å²) in [5.74, 6) is 0.0427. The highest BCUT2D eigenvalue weighted by Gasteiger charge is 2.31. The maximum atomic E-state index is 12.5. The number of hydrogen-bond acceptors (Lipinski definition) is 4. The highest BCUT2D eigenvalue weighted by Crippen LogP contribution is 2.21. The predicted molar refractivity (Wildman–Crippen MR) is 86.5 cm³/mol. The number of ether oxygens (including phenoxy) is 1. The van der Waals surface area contributed by atoms with Gasteiger partial charge in [-0.05, 0) is 30.9 Å². The molecule has 0 radical (unpaired) electrons. The molecular weight excluding hydrogens is 290 g/mol. The molecular formula is C18H23N3O2. The molecule has 1 amide bonds. The van der Waals surface area contributed by atoms with E-state index in [2.05, 4.69) is 34.5 Å². The van der Waals surface area contributed by atoms with Gasteiger partial charge in [-0.25, -0.2) is 0 Å². The van der Waals surface area contributed by atoms with Gasteiger partial charge in [0.1, 0.15) is 6.04 Å². The molecule has 1 N–H and O–H groups in total. The van der Waals surface area contributed by atoms with Crippen molar-refractivity contribution >= 4 is 5.91 Å². The first kappa shape index (κ1) is 16.0. The quantitative estimate of drug-likeness (QED) is 0.914. The lowest BCUT2D eigenvalue weighted by molar-refractivity contribution is -0.126. The van der Waals surface area contributed by atoms with Gasteiger partial charge in [0.15, 0.2) is 0 Å². The van der Waals surface area contributed by atoms with E-state index in [0.29, 0.717) is 13.2 Å². The van der Waals surface area contributed by atoms with Gasteiger partial charge in [0.05, 0.1) is 18.7 Å². The predicted octanol–water partition coefficient (Wildman–Crippen LogP) is 1.48. The monoisotopic (exact) mass is 313 g/mol. The van der Waals surface area contributed by atoms with E-state index in [-0.39, 0.29) is 17.9 Å². The molecule has 1 fully saturated rings. The Morgan fingerprint density at radius 2 is 2.22 bits per heavy atom. The van der Waals surface area contributed by atoms with E-state index >= 15 is 0 Å². The van der Waals surface area contributed by atoms with Crippen molar-refractivity contribution in [3.63, 3.8) is 0 Å². The third-order valence-corrected chi connectivity index (χ3v) is 4.96. The van der Waals surface area contributed by atoms with Gasteiger partial charge in [-0.15, -0.1) is 0 Å². The second kappa shape index (κ2) is 7.12. The van der Waals surface area contributed by atoms with Crippen molar-refractivity contribution in [2.24, 2.45) is 5.92 Å². The normalized spacial score (nSPS) is 23.6. The summed E-state index contributed by atoms with van der Waals surface area (Å²) in [4.78, 5) is 14.7. The first-order valence-corrected chi connectivity index (χ1v) is 8.27. The molecule has 2 aliphatic heterocycles. The number of carbonyl (C=O) groups excluding carboxylic acids is 1. The minimum Gasteiger partial charge on any atom is -0.381 e. The number of amides is 1. The van der Waals surface area contributed by atoms with Crippen molar-refractivity contribution in [3.05, 3.63) is 35.4 Å². The molecule has 0 saturated carbocycles. The molecule has 5 heteroatoms. The van der Waals surface area contributed by atoms with Gasteiger partial charge >= 0.3 is 0 Å². The van der Waals surface area contributed by atoms with Gasteiger partial charge in [0.25, 0.3) is 0 Å². The number of nitrogens with zero attached hydrogens (tertiary/aromatic N) is 2. The van der Waals surface area contributed by atoms with Gasteiger partial charge in [0, 0.05) is 25.6 Å². The fourth-order valence-electron chi connectivity index (χ4n) is 3.36. The molecule has 2 aliphatic rings. The molecule has 122 valence electrons. The van der Waals surface area contributed by atoms with Crippen molar-refractivity contribution in [2.75, 3.05) is 19.8 Å². The summed E-state index contributed by atoms with van der Waals surface area (Å²) in [6, 6.07) is 9.91. The maximum Gasteiger partial charge on any atom is 0.238 e. The Morgan fingerprint density at radius 1 is 1.43 bits per heavy atom. The molecule has 0 bridgehead atoms. The topological polar surface area (TPSA) is 65.4 Å². The zero-order valence-corrected chi connectivity index (χ0v) is 13.5. The zero-order chi connectivity index (χ0) is 16.2. The van der Waals surface area contributed by atoms with Gasteiger partial charge in [-0.2, -0.15) is 5.26 Å². The molecule has 3 rings (SSSR count). The Hall–Kier alpha value is -1.90. The van der Waals surface area contributed by atoms with Crippen molar-refractivity contribution in [1.82, 2.24) is 10.2 Å². The number of hydrogen-bond donors (Lipinski definition) is 1. The summed E-state index contributed by atoms with van der Waals surface area (Å²) < 4.78 is 5.32. The van der Waals surface area contributed by atoms with Crippen LogP contribution in [0.1, 0.15) is 24.5 Å². The number of nitriles is 1. The van der Waals surface area contributed by atoms with Gasteiger partial charge in [-0.1, -0.05) is 24.3 Å². The van der Waals surface area contributed by atoms with Crippen molar-refractivity contribution in [1.29, 1.82) is 5.26 Å². The van der Waals surface area contributed by atoms with E-state index in [4.69, 9.17) is 4.74 Å². The highest BCUT2D eigenvalue weighted by atomic mass is 16.5. The fourth-order valence-corrected chi connectivity index (χ4v) is 3.36. The summed E-state index contributed by atoms with van der Waals surface area (Å²) in [7, 11) is 0. The van der Waals surface area contributed by atoms with Crippen LogP contribution in [0.15, 0.2) is 24.3 Å². The summed E-state index contributed by atoms with van der Waals surface area (Å²) >= 11 is 0. The Kier molecular flexibility index (Phi) is 4.94. The molecule has 1 saturated heterocycles. The van der Waals surface area contributed by atoms with Crippen molar-refractivity contribution in [3.8, 4) is 6.07 Å². The number of rotatable bonds is 4. The zero-order valence-electron chi connectivity index (χ0n) is 13.5. The van der Waals surface area contributed by atoms with Crippen LogP contribution in [0.25, 0.3) is 0 Å². The summed E-state index contributed by atoms with van der Waals surface area (Å²) in [5.41, 5.74) is 2.66. The van der Waals surface area contributed by atoms with Gasteiger partial charge < -0.3 is 10.1 Å². The lowest BCUT2D eigenvalue weighted by atomic mass is 9.98. The van der Waals surface area contributed by atoms with E-state index in [9.17, 15) is 10.1 Å². The standard InChI is InChI=1S/C18H23N3O2/c1-13(18(22)20-17(10-19)16-7-9-23-12-16)21-8-6-14-4-2-3-5-15(14)11-21/h2-5,13,16-17H,6-9,11-12H2,1H3,(H,20,22)/t13-,16+,17+/m1/s1. The molecule has 3 atom stereocenters. The molecule has 0 unspecified atom stereocenters. The lowest BCUT2D eigenvalue weighted by Crippen LogP contribution is -2.51. The van der Waals surface area contributed by atoms with Crippen LogP contribution in [0.2, 0.25) is 0 Å². The molecule has 1 aromatic carbocycles.